The summed E-state index contributed by atoms with van der Waals surface area (Å²) >= 11 is 0. The second-order valence-electron chi connectivity index (χ2n) is 8.48. The van der Waals surface area contributed by atoms with Crippen molar-refractivity contribution >= 4 is 6.09 Å². The van der Waals surface area contributed by atoms with Crippen LogP contribution in [0.2, 0.25) is 0 Å². The fourth-order valence-electron chi connectivity index (χ4n) is 3.67. The van der Waals surface area contributed by atoms with Crippen LogP contribution in [0.1, 0.15) is 63.5 Å². The van der Waals surface area contributed by atoms with Crippen LogP contribution in [0, 0.1) is 12.7 Å². The number of imidazole rings is 1. The number of hydrogen-bond donors (Lipinski definition) is 0. The number of piperidine rings is 1. The van der Waals surface area contributed by atoms with E-state index < -0.39 is 5.60 Å². The highest BCUT2D eigenvalue weighted by molar-refractivity contribution is 5.68. The number of rotatable bonds is 3. The first-order valence-corrected chi connectivity index (χ1v) is 10.0. The fourth-order valence-corrected chi connectivity index (χ4v) is 3.67. The van der Waals surface area contributed by atoms with E-state index in [2.05, 4.69) is 17.7 Å². The second-order valence-corrected chi connectivity index (χ2v) is 8.48. The van der Waals surface area contributed by atoms with Crippen molar-refractivity contribution in [1.29, 1.82) is 0 Å². The Balaban J connectivity index is 1.74. The van der Waals surface area contributed by atoms with Gasteiger partial charge in [-0.05, 0) is 64.3 Å². The maximum absolute atomic E-state index is 13.5. The lowest BCUT2D eigenvalue weighted by atomic mass is 9.94. The molecule has 1 aliphatic rings. The van der Waals surface area contributed by atoms with Crippen molar-refractivity contribution in [2.75, 3.05) is 13.1 Å². The molecule has 3 rings (SSSR count). The van der Waals surface area contributed by atoms with E-state index in [9.17, 15) is 9.18 Å². The third-order valence-corrected chi connectivity index (χ3v) is 5.10. The summed E-state index contributed by atoms with van der Waals surface area (Å²) in [7, 11) is 0. The van der Waals surface area contributed by atoms with E-state index in [4.69, 9.17) is 9.72 Å². The Labute approximate surface area is 166 Å². The van der Waals surface area contributed by atoms with Crippen LogP contribution in [0.5, 0.6) is 0 Å². The lowest BCUT2D eigenvalue weighted by Crippen LogP contribution is -2.41. The van der Waals surface area contributed by atoms with Crippen molar-refractivity contribution in [3.63, 3.8) is 0 Å². The smallest absolute Gasteiger partial charge is 0.410 e. The second kappa shape index (κ2) is 7.94. The van der Waals surface area contributed by atoms with Gasteiger partial charge in [-0.25, -0.2) is 14.2 Å². The Kier molecular flexibility index (Phi) is 5.77. The van der Waals surface area contributed by atoms with Gasteiger partial charge in [0.15, 0.2) is 0 Å². The summed E-state index contributed by atoms with van der Waals surface area (Å²) in [6.45, 7) is 11.0. The van der Waals surface area contributed by atoms with Gasteiger partial charge in [0.25, 0.3) is 0 Å². The molecule has 152 valence electrons. The number of carbonyl (C=O) groups is 1. The maximum atomic E-state index is 13.5. The van der Waals surface area contributed by atoms with E-state index in [0.717, 1.165) is 42.0 Å². The van der Waals surface area contributed by atoms with Crippen LogP contribution in [0.15, 0.2) is 24.4 Å². The molecule has 0 radical (unpaired) electrons. The number of aryl methyl sites for hydroxylation is 2. The van der Waals surface area contributed by atoms with Gasteiger partial charge < -0.3 is 14.2 Å². The molecule has 0 unspecified atom stereocenters. The average molecular weight is 387 g/mol. The zero-order valence-corrected chi connectivity index (χ0v) is 17.5. The Morgan fingerprint density at radius 3 is 2.54 bits per heavy atom. The summed E-state index contributed by atoms with van der Waals surface area (Å²) in [4.78, 5) is 18.9. The van der Waals surface area contributed by atoms with Gasteiger partial charge in [-0.1, -0.05) is 6.92 Å². The molecule has 5 nitrogen and oxygen atoms in total. The zero-order chi connectivity index (χ0) is 20.5. The molecule has 1 saturated heterocycles. The first-order valence-electron chi connectivity index (χ1n) is 10.0. The molecule has 1 amide bonds. The van der Waals surface area contributed by atoms with Crippen molar-refractivity contribution in [2.24, 2.45) is 0 Å². The topological polar surface area (TPSA) is 47.4 Å². The molecule has 2 heterocycles. The first-order chi connectivity index (χ1) is 13.2. The highest BCUT2D eigenvalue weighted by Crippen LogP contribution is 2.30. The quantitative estimate of drug-likeness (QED) is 0.745. The predicted octanol–water partition coefficient (Wildman–Crippen LogP) is 5.00. The monoisotopic (exact) mass is 387 g/mol. The molecule has 28 heavy (non-hydrogen) atoms. The molecule has 0 spiro atoms. The maximum Gasteiger partial charge on any atom is 0.410 e. The van der Waals surface area contributed by atoms with Crippen molar-refractivity contribution in [1.82, 2.24) is 14.5 Å². The lowest BCUT2D eigenvalue weighted by Gasteiger charge is -2.32. The average Bonchev–Trinajstić information content (AvgIpc) is 3.04. The highest BCUT2D eigenvalue weighted by Gasteiger charge is 2.29. The van der Waals surface area contributed by atoms with Crippen LogP contribution >= 0.6 is 0 Å². The molecule has 0 bridgehead atoms. The largest absolute Gasteiger partial charge is 0.444 e. The SMILES string of the molecule is CCc1nc(C2CCN(C(=O)OC(C)(C)C)CC2)cn1-c1ccc(F)cc1C. The standard InChI is InChI=1S/C22H30FN3O2/c1-6-20-24-18(14-26(20)19-8-7-17(23)13-15(19)2)16-9-11-25(12-10-16)21(27)28-22(3,4)5/h7-8,13-14,16H,6,9-12H2,1-5H3. The molecular formula is C22H30FN3O2. The molecule has 6 heteroatoms. The van der Waals surface area contributed by atoms with Gasteiger partial charge in [-0.15, -0.1) is 0 Å². The summed E-state index contributed by atoms with van der Waals surface area (Å²) in [6.07, 6.45) is 4.36. The Morgan fingerprint density at radius 1 is 1.29 bits per heavy atom. The van der Waals surface area contributed by atoms with Gasteiger partial charge in [0.05, 0.1) is 5.69 Å². The van der Waals surface area contributed by atoms with E-state index in [0.29, 0.717) is 19.0 Å². The van der Waals surface area contributed by atoms with Crippen LogP contribution in [-0.4, -0.2) is 39.2 Å². The normalized spacial score (nSPS) is 15.7. The Bertz CT molecular complexity index is 846. The van der Waals surface area contributed by atoms with Gasteiger partial charge in [-0.2, -0.15) is 0 Å². The summed E-state index contributed by atoms with van der Waals surface area (Å²) < 4.78 is 21.0. The van der Waals surface area contributed by atoms with Crippen molar-refractivity contribution in [3.8, 4) is 5.69 Å². The van der Waals surface area contributed by atoms with Gasteiger partial charge in [0, 0.05) is 37.3 Å². The van der Waals surface area contributed by atoms with Gasteiger partial charge in [0.2, 0.25) is 0 Å². The molecule has 0 saturated carbocycles. The van der Waals surface area contributed by atoms with E-state index in [-0.39, 0.29) is 11.9 Å². The summed E-state index contributed by atoms with van der Waals surface area (Å²) in [6, 6.07) is 4.84. The minimum Gasteiger partial charge on any atom is -0.444 e. The van der Waals surface area contributed by atoms with Gasteiger partial charge in [-0.3, -0.25) is 0 Å². The molecule has 1 aromatic carbocycles. The van der Waals surface area contributed by atoms with E-state index >= 15 is 0 Å². The number of likely N-dealkylation sites (tertiary alicyclic amines) is 1. The number of benzene rings is 1. The summed E-state index contributed by atoms with van der Waals surface area (Å²) in [5.41, 5.74) is 2.42. The van der Waals surface area contributed by atoms with Crippen molar-refractivity contribution in [3.05, 3.63) is 47.3 Å². The summed E-state index contributed by atoms with van der Waals surface area (Å²) in [5, 5.41) is 0. The fraction of sp³-hybridized carbons (Fsp3) is 0.545. The minimum atomic E-state index is -0.476. The number of nitrogens with zero attached hydrogens (tertiary/aromatic N) is 3. The van der Waals surface area contributed by atoms with Gasteiger partial charge >= 0.3 is 6.09 Å². The predicted molar refractivity (Wildman–Crippen MR) is 107 cm³/mol. The van der Waals surface area contributed by atoms with Crippen LogP contribution in [0.25, 0.3) is 5.69 Å². The molecule has 1 aromatic heterocycles. The third kappa shape index (κ3) is 4.54. The lowest BCUT2D eigenvalue weighted by molar-refractivity contribution is 0.0204. The van der Waals surface area contributed by atoms with Crippen LogP contribution in [0.4, 0.5) is 9.18 Å². The number of carbonyl (C=O) groups excluding carboxylic acids is 1. The minimum absolute atomic E-state index is 0.228. The molecule has 0 atom stereocenters. The number of halogens is 1. The van der Waals surface area contributed by atoms with E-state index in [1.54, 1.807) is 17.0 Å². The number of ether oxygens (including phenoxy) is 1. The van der Waals surface area contributed by atoms with Crippen molar-refractivity contribution in [2.45, 2.75) is 65.4 Å². The number of amides is 1. The number of aromatic nitrogens is 2. The van der Waals surface area contributed by atoms with E-state index in [1.807, 2.05) is 27.7 Å². The van der Waals surface area contributed by atoms with Crippen LogP contribution in [-0.2, 0) is 11.2 Å². The van der Waals surface area contributed by atoms with Gasteiger partial charge in [0.1, 0.15) is 17.2 Å². The first kappa shape index (κ1) is 20.4. The highest BCUT2D eigenvalue weighted by atomic mass is 19.1. The third-order valence-electron chi connectivity index (χ3n) is 5.10. The molecule has 0 aliphatic carbocycles. The Hall–Kier alpha value is -2.37. The van der Waals surface area contributed by atoms with Crippen LogP contribution < -0.4 is 0 Å². The number of hydrogen-bond acceptors (Lipinski definition) is 3. The molecular weight excluding hydrogens is 357 g/mol. The molecule has 2 aromatic rings. The van der Waals surface area contributed by atoms with Crippen LogP contribution in [0.3, 0.4) is 0 Å². The summed E-state index contributed by atoms with van der Waals surface area (Å²) in [5.74, 6) is 1.06. The van der Waals surface area contributed by atoms with Crippen molar-refractivity contribution < 1.29 is 13.9 Å². The zero-order valence-electron chi connectivity index (χ0n) is 17.5. The molecule has 1 aliphatic heterocycles. The molecule has 1 fully saturated rings. The molecule has 0 N–H and O–H groups in total. The van der Waals surface area contributed by atoms with E-state index in [1.165, 1.54) is 6.07 Å². The Morgan fingerprint density at radius 2 is 1.96 bits per heavy atom.